The number of thiazole rings is 1. The minimum absolute atomic E-state index is 0.135. The second kappa shape index (κ2) is 5.40. The van der Waals surface area contributed by atoms with Crippen molar-refractivity contribution in [2.24, 2.45) is 0 Å². The Labute approximate surface area is 87.6 Å². The molecular formula is C10H12N2OS. The maximum atomic E-state index is 11.5. The van der Waals surface area contributed by atoms with Crippen LogP contribution in [0.5, 0.6) is 0 Å². The third-order valence-corrected chi connectivity index (χ3v) is 2.51. The van der Waals surface area contributed by atoms with E-state index in [1.807, 2.05) is 6.92 Å². The van der Waals surface area contributed by atoms with Crippen LogP contribution in [0.3, 0.4) is 0 Å². The third kappa shape index (κ3) is 2.86. The third-order valence-electron chi connectivity index (χ3n) is 1.74. The van der Waals surface area contributed by atoms with Gasteiger partial charge in [-0.25, -0.2) is 0 Å². The van der Waals surface area contributed by atoms with E-state index in [-0.39, 0.29) is 11.9 Å². The summed E-state index contributed by atoms with van der Waals surface area (Å²) in [5.74, 6) is 2.41. The minimum Gasteiger partial charge on any atom is -0.338 e. The zero-order chi connectivity index (χ0) is 10.4. The Hall–Kier alpha value is -1.34. The van der Waals surface area contributed by atoms with Gasteiger partial charge in [0.2, 0.25) is 0 Å². The molecule has 1 aromatic rings. The lowest BCUT2D eigenvalue weighted by molar-refractivity contribution is 0.0948. The number of hydrogen-bond donors (Lipinski definition) is 1. The molecule has 0 aliphatic rings. The van der Waals surface area contributed by atoms with Gasteiger partial charge < -0.3 is 5.32 Å². The van der Waals surface area contributed by atoms with Gasteiger partial charge in [-0.15, -0.1) is 17.8 Å². The van der Waals surface area contributed by atoms with Crippen LogP contribution in [0.4, 0.5) is 0 Å². The number of amides is 1. The van der Waals surface area contributed by atoms with Crippen LogP contribution >= 0.6 is 11.3 Å². The van der Waals surface area contributed by atoms with Crippen LogP contribution in [0.15, 0.2) is 11.7 Å². The maximum Gasteiger partial charge on any atom is 0.263 e. The fourth-order valence-corrected chi connectivity index (χ4v) is 1.57. The molecule has 0 aromatic carbocycles. The molecule has 74 valence electrons. The zero-order valence-corrected chi connectivity index (χ0v) is 8.80. The van der Waals surface area contributed by atoms with Gasteiger partial charge in [-0.2, -0.15) is 0 Å². The second-order valence-corrected chi connectivity index (χ2v) is 3.73. The largest absolute Gasteiger partial charge is 0.338 e. The first-order valence-corrected chi connectivity index (χ1v) is 5.31. The molecule has 1 aromatic heterocycles. The predicted molar refractivity (Wildman–Crippen MR) is 57.1 cm³/mol. The number of hydrogen-bond acceptors (Lipinski definition) is 3. The molecule has 1 amide bonds. The van der Waals surface area contributed by atoms with Crippen LogP contribution in [0, 0.1) is 12.3 Å². The Morgan fingerprint density at radius 3 is 3.14 bits per heavy atom. The Kier molecular flexibility index (Phi) is 4.14. The molecule has 0 spiro atoms. The highest BCUT2D eigenvalue weighted by Crippen LogP contribution is 2.06. The lowest BCUT2D eigenvalue weighted by Gasteiger charge is -2.10. The lowest BCUT2D eigenvalue weighted by Crippen LogP contribution is -2.33. The van der Waals surface area contributed by atoms with E-state index in [0.717, 1.165) is 12.8 Å². The number of nitrogens with zero attached hydrogens (tertiary/aromatic N) is 1. The number of rotatable bonds is 4. The van der Waals surface area contributed by atoms with Gasteiger partial charge in [0.1, 0.15) is 4.88 Å². The highest BCUT2D eigenvalue weighted by Gasteiger charge is 2.11. The van der Waals surface area contributed by atoms with E-state index < -0.39 is 0 Å². The summed E-state index contributed by atoms with van der Waals surface area (Å²) in [5, 5.41) is 2.77. The highest BCUT2D eigenvalue weighted by molar-refractivity contribution is 7.11. The topological polar surface area (TPSA) is 42.0 Å². The molecule has 0 radical (unpaired) electrons. The number of nitrogens with one attached hydrogen (secondary N) is 1. The van der Waals surface area contributed by atoms with Crippen molar-refractivity contribution in [3.05, 3.63) is 16.6 Å². The highest BCUT2D eigenvalue weighted by atomic mass is 32.1. The van der Waals surface area contributed by atoms with E-state index in [1.54, 1.807) is 11.7 Å². The molecule has 0 aliphatic heterocycles. The molecule has 1 atom stereocenters. The standard InChI is InChI=1S/C10H12N2OS/c1-3-5-8(4-2)12-10(13)9-6-11-7-14-9/h2,6-8H,3,5H2,1H3,(H,12,13). The number of carbonyl (C=O) groups is 1. The number of carbonyl (C=O) groups excluding carboxylic acids is 1. The van der Waals surface area contributed by atoms with Gasteiger partial charge in [0.05, 0.1) is 17.7 Å². The van der Waals surface area contributed by atoms with Gasteiger partial charge in [-0.3, -0.25) is 9.78 Å². The molecule has 0 saturated heterocycles. The van der Waals surface area contributed by atoms with Crippen molar-refractivity contribution < 1.29 is 4.79 Å². The van der Waals surface area contributed by atoms with Crippen LogP contribution < -0.4 is 5.32 Å². The van der Waals surface area contributed by atoms with Crippen molar-refractivity contribution in [1.82, 2.24) is 10.3 Å². The summed E-state index contributed by atoms with van der Waals surface area (Å²) < 4.78 is 0. The summed E-state index contributed by atoms with van der Waals surface area (Å²) >= 11 is 1.31. The molecule has 14 heavy (non-hydrogen) atoms. The normalized spacial score (nSPS) is 11.7. The zero-order valence-electron chi connectivity index (χ0n) is 7.99. The van der Waals surface area contributed by atoms with Crippen LogP contribution in [0.2, 0.25) is 0 Å². The fourth-order valence-electron chi connectivity index (χ4n) is 1.04. The SMILES string of the molecule is C#CC(CCC)NC(=O)c1cncs1. The number of terminal acetylenes is 1. The average molecular weight is 208 g/mol. The second-order valence-electron chi connectivity index (χ2n) is 2.85. The van der Waals surface area contributed by atoms with E-state index >= 15 is 0 Å². The summed E-state index contributed by atoms with van der Waals surface area (Å²) in [7, 11) is 0. The Morgan fingerprint density at radius 1 is 1.86 bits per heavy atom. The summed E-state index contributed by atoms with van der Waals surface area (Å²) in [6.07, 6.45) is 8.59. The van der Waals surface area contributed by atoms with Crippen molar-refractivity contribution in [3.63, 3.8) is 0 Å². The Bertz CT molecular complexity index is 326. The van der Waals surface area contributed by atoms with Gasteiger partial charge in [-0.1, -0.05) is 19.3 Å². The van der Waals surface area contributed by atoms with Crippen molar-refractivity contribution >= 4 is 17.2 Å². The van der Waals surface area contributed by atoms with Gasteiger partial charge in [-0.05, 0) is 6.42 Å². The van der Waals surface area contributed by atoms with Crippen molar-refractivity contribution in [3.8, 4) is 12.3 Å². The van der Waals surface area contributed by atoms with Gasteiger partial charge in [0, 0.05) is 0 Å². The first-order chi connectivity index (χ1) is 6.77. The Morgan fingerprint density at radius 2 is 2.64 bits per heavy atom. The minimum atomic E-state index is -0.172. The Balaban J connectivity index is 2.52. The van der Waals surface area contributed by atoms with Gasteiger partial charge in [0.15, 0.2) is 0 Å². The molecule has 0 bridgehead atoms. The molecule has 1 heterocycles. The summed E-state index contributed by atoms with van der Waals surface area (Å²) in [4.78, 5) is 15.9. The summed E-state index contributed by atoms with van der Waals surface area (Å²) in [5.41, 5.74) is 1.62. The molecular weight excluding hydrogens is 196 g/mol. The van der Waals surface area contributed by atoms with Crippen LogP contribution in [0.1, 0.15) is 29.4 Å². The molecule has 4 heteroatoms. The van der Waals surface area contributed by atoms with Crippen molar-refractivity contribution in [2.45, 2.75) is 25.8 Å². The molecule has 1 unspecified atom stereocenters. The molecule has 3 nitrogen and oxygen atoms in total. The van der Waals surface area contributed by atoms with E-state index in [9.17, 15) is 4.79 Å². The fraction of sp³-hybridized carbons (Fsp3) is 0.400. The molecule has 1 N–H and O–H groups in total. The molecule has 0 saturated carbocycles. The maximum absolute atomic E-state index is 11.5. The van der Waals surface area contributed by atoms with E-state index in [1.165, 1.54) is 11.3 Å². The molecule has 0 aliphatic carbocycles. The van der Waals surface area contributed by atoms with Gasteiger partial charge >= 0.3 is 0 Å². The van der Waals surface area contributed by atoms with Crippen LogP contribution in [-0.2, 0) is 0 Å². The molecule has 1 rings (SSSR count). The van der Waals surface area contributed by atoms with Crippen molar-refractivity contribution in [2.75, 3.05) is 0 Å². The smallest absolute Gasteiger partial charge is 0.263 e. The first-order valence-electron chi connectivity index (χ1n) is 4.43. The average Bonchev–Trinajstić information content (AvgIpc) is 2.69. The van der Waals surface area contributed by atoms with E-state index in [4.69, 9.17) is 6.42 Å². The summed E-state index contributed by atoms with van der Waals surface area (Å²) in [6, 6.07) is -0.172. The summed E-state index contributed by atoms with van der Waals surface area (Å²) in [6.45, 7) is 2.03. The van der Waals surface area contributed by atoms with E-state index in [2.05, 4.69) is 16.2 Å². The monoisotopic (exact) mass is 208 g/mol. The van der Waals surface area contributed by atoms with Gasteiger partial charge in [0.25, 0.3) is 5.91 Å². The molecule has 0 fully saturated rings. The number of aromatic nitrogens is 1. The lowest BCUT2D eigenvalue weighted by atomic mass is 10.2. The first kappa shape index (κ1) is 10.7. The van der Waals surface area contributed by atoms with Crippen molar-refractivity contribution in [1.29, 1.82) is 0 Å². The van der Waals surface area contributed by atoms with Crippen LogP contribution in [0.25, 0.3) is 0 Å². The predicted octanol–water partition coefficient (Wildman–Crippen LogP) is 1.67. The quantitative estimate of drug-likeness (QED) is 0.765. The van der Waals surface area contributed by atoms with Crippen LogP contribution in [-0.4, -0.2) is 16.9 Å². The van der Waals surface area contributed by atoms with E-state index in [0.29, 0.717) is 4.88 Å².